The van der Waals surface area contributed by atoms with E-state index in [0.717, 1.165) is 5.56 Å². The molecule has 3 rings (SSSR count). The number of hydrogen-bond acceptors (Lipinski definition) is 5. The van der Waals surface area contributed by atoms with E-state index < -0.39 is 0 Å². The highest BCUT2D eigenvalue weighted by Gasteiger charge is 2.23. The van der Waals surface area contributed by atoms with E-state index in [-0.39, 0.29) is 18.2 Å². The first-order chi connectivity index (χ1) is 12.2. The largest absolute Gasteiger partial charge is 0.425 e. The standard InChI is InChI=1S/C19H16N4O2/c1-13-22-23-19(25-13)16(14-7-3-2-4-8-14)11-18(24)21-17-10-6-5-9-15(17)12-20/h2-10,16H,11H2,1H3,(H,21,24). The third-order valence-corrected chi connectivity index (χ3v) is 3.75. The number of aromatic nitrogens is 2. The number of anilines is 1. The molecule has 0 spiro atoms. The van der Waals surface area contributed by atoms with Gasteiger partial charge in [-0.3, -0.25) is 4.79 Å². The van der Waals surface area contributed by atoms with Gasteiger partial charge >= 0.3 is 0 Å². The Balaban J connectivity index is 1.83. The normalized spacial score (nSPS) is 11.5. The van der Waals surface area contributed by atoms with Crippen molar-refractivity contribution in [2.24, 2.45) is 0 Å². The van der Waals surface area contributed by atoms with Gasteiger partial charge in [0.05, 0.1) is 17.2 Å². The van der Waals surface area contributed by atoms with Crippen LogP contribution in [0.4, 0.5) is 5.69 Å². The number of para-hydroxylation sites is 1. The Kier molecular flexibility index (Phi) is 4.86. The fraction of sp³-hybridized carbons (Fsp3) is 0.158. The molecule has 6 heteroatoms. The molecule has 6 nitrogen and oxygen atoms in total. The molecule has 2 aromatic carbocycles. The number of nitrogens with zero attached hydrogens (tertiary/aromatic N) is 3. The van der Waals surface area contributed by atoms with Crippen LogP contribution in [-0.2, 0) is 4.79 Å². The number of nitrogens with one attached hydrogen (secondary N) is 1. The van der Waals surface area contributed by atoms with Gasteiger partial charge in [-0.15, -0.1) is 10.2 Å². The van der Waals surface area contributed by atoms with Crippen LogP contribution in [0.2, 0.25) is 0 Å². The summed E-state index contributed by atoms with van der Waals surface area (Å²) >= 11 is 0. The van der Waals surface area contributed by atoms with Crippen LogP contribution in [0.15, 0.2) is 59.0 Å². The second-order valence-corrected chi connectivity index (χ2v) is 5.53. The molecule has 1 N–H and O–H groups in total. The number of amides is 1. The van der Waals surface area contributed by atoms with Crippen LogP contribution < -0.4 is 5.32 Å². The molecule has 1 atom stereocenters. The zero-order chi connectivity index (χ0) is 17.6. The Labute approximate surface area is 145 Å². The van der Waals surface area contributed by atoms with Crippen LogP contribution in [0.3, 0.4) is 0 Å². The van der Waals surface area contributed by atoms with E-state index in [1.807, 2.05) is 30.3 Å². The predicted octanol–water partition coefficient (Wildman–Crippen LogP) is 3.41. The highest BCUT2D eigenvalue weighted by Crippen LogP contribution is 2.27. The molecule has 1 unspecified atom stereocenters. The Morgan fingerprint density at radius 1 is 1.16 bits per heavy atom. The lowest BCUT2D eigenvalue weighted by molar-refractivity contribution is -0.116. The smallest absolute Gasteiger partial charge is 0.225 e. The van der Waals surface area contributed by atoms with Crippen LogP contribution in [0, 0.1) is 18.3 Å². The van der Waals surface area contributed by atoms with Crippen molar-refractivity contribution in [3.05, 3.63) is 77.5 Å². The first-order valence-corrected chi connectivity index (χ1v) is 7.81. The van der Waals surface area contributed by atoms with Crippen molar-refractivity contribution in [3.8, 4) is 6.07 Å². The fourth-order valence-electron chi connectivity index (χ4n) is 2.56. The van der Waals surface area contributed by atoms with E-state index in [2.05, 4.69) is 21.6 Å². The molecule has 124 valence electrons. The van der Waals surface area contributed by atoms with Gasteiger partial charge in [0.1, 0.15) is 6.07 Å². The molecule has 0 radical (unpaired) electrons. The van der Waals surface area contributed by atoms with Gasteiger partial charge < -0.3 is 9.73 Å². The monoisotopic (exact) mass is 332 g/mol. The van der Waals surface area contributed by atoms with Crippen molar-refractivity contribution in [3.63, 3.8) is 0 Å². The zero-order valence-corrected chi connectivity index (χ0v) is 13.6. The topological polar surface area (TPSA) is 91.8 Å². The van der Waals surface area contributed by atoms with Crippen molar-refractivity contribution in [1.82, 2.24) is 10.2 Å². The third kappa shape index (κ3) is 3.90. The maximum absolute atomic E-state index is 12.5. The van der Waals surface area contributed by atoms with Gasteiger partial charge in [-0.1, -0.05) is 42.5 Å². The summed E-state index contributed by atoms with van der Waals surface area (Å²) in [6.45, 7) is 1.71. The molecule has 3 aromatic rings. The molecule has 0 aliphatic carbocycles. The van der Waals surface area contributed by atoms with Gasteiger partial charge in [0.25, 0.3) is 0 Å². The number of hydrogen-bond donors (Lipinski definition) is 1. The Morgan fingerprint density at radius 3 is 2.56 bits per heavy atom. The summed E-state index contributed by atoms with van der Waals surface area (Å²) < 4.78 is 5.54. The average molecular weight is 332 g/mol. The van der Waals surface area contributed by atoms with Crippen LogP contribution in [0.25, 0.3) is 0 Å². The Bertz CT molecular complexity index is 912. The van der Waals surface area contributed by atoms with Gasteiger partial charge in [0.15, 0.2) is 0 Å². The second-order valence-electron chi connectivity index (χ2n) is 5.53. The summed E-state index contributed by atoms with van der Waals surface area (Å²) in [6.07, 6.45) is 0.130. The van der Waals surface area contributed by atoms with Crippen molar-refractivity contribution in [1.29, 1.82) is 5.26 Å². The molecule has 0 saturated carbocycles. The number of benzene rings is 2. The molecule has 1 heterocycles. The van der Waals surface area contributed by atoms with Crippen LogP contribution >= 0.6 is 0 Å². The molecule has 0 fully saturated rings. The van der Waals surface area contributed by atoms with E-state index in [1.54, 1.807) is 31.2 Å². The highest BCUT2D eigenvalue weighted by atomic mass is 16.4. The maximum Gasteiger partial charge on any atom is 0.225 e. The summed E-state index contributed by atoms with van der Waals surface area (Å²) in [5.74, 6) is 0.266. The molecular formula is C19H16N4O2. The Morgan fingerprint density at radius 2 is 1.88 bits per heavy atom. The van der Waals surface area contributed by atoms with Crippen LogP contribution in [0.1, 0.15) is 35.2 Å². The lowest BCUT2D eigenvalue weighted by atomic mass is 9.95. The highest BCUT2D eigenvalue weighted by molar-refractivity contribution is 5.92. The number of rotatable bonds is 5. The van der Waals surface area contributed by atoms with Crippen LogP contribution in [-0.4, -0.2) is 16.1 Å². The maximum atomic E-state index is 12.5. The molecule has 0 aliphatic rings. The molecule has 0 bridgehead atoms. The van der Waals surface area contributed by atoms with Gasteiger partial charge in [-0.2, -0.15) is 5.26 Å². The van der Waals surface area contributed by atoms with Crippen molar-refractivity contribution in [2.75, 3.05) is 5.32 Å². The quantitative estimate of drug-likeness (QED) is 0.773. The minimum absolute atomic E-state index is 0.130. The van der Waals surface area contributed by atoms with Crippen LogP contribution in [0.5, 0.6) is 0 Å². The lowest BCUT2D eigenvalue weighted by Gasteiger charge is -2.14. The minimum Gasteiger partial charge on any atom is -0.425 e. The van der Waals surface area contributed by atoms with Crippen molar-refractivity contribution >= 4 is 11.6 Å². The van der Waals surface area contributed by atoms with Gasteiger partial charge in [0.2, 0.25) is 17.7 Å². The van der Waals surface area contributed by atoms with Crippen molar-refractivity contribution in [2.45, 2.75) is 19.3 Å². The van der Waals surface area contributed by atoms with E-state index in [1.165, 1.54) is 0 Å². The van der Waals surface area contributed by atoms with Gasteiger partial charge in [-0.25, -0.2) is 0 Å². The molecule has 1 amide bonds. The first kappa shape index (κ1) is 16.4. The summed E-state index contributed by atoms with van der Waals surface area (Å²) in [6, 6.07) is 18.5. The van der Waals surface area contributed by atoms with Crippen molar-refractivity contribution < 1.29 is 9.21 Å². The molecular weight excluding hydrogens is 316 g/mol. The lowest BCUT2D eigenvalue weighted by Crippen LogP contribution is -2.17. The second kappa shape index (κ2) is 7.41. The summed E-state index contributed by atoms with van der Waals surface area (Å²) in [7, 11) is 0. The van der Waals surface area contributed by atoms with E-state index in [9.17, 15) is 4.79 Å². The zero-order valence-electron chi connectivity index (χ0n) is 13.6. The van der Waals surface area contributed by atoms with Gasteiger partial charge in [-0.05, 0) is 17.7 Å². The average Bonchev–Trinajstić information content (AvgIpc) is 3.07. The number of carbonyl (C=O) groups is 1. The molecule has 25 heavy (non-hydrogen) atoms. The SMILES string of the molecule is Cc1nnc(C(CC(=O)Nc2ccccc2C#N)c2ccccc2)o1. The molecule has 0 aliphatic heterocycles. The van der Waals surface area contributed by atoms with E-state index in [4.69, 9.17) is 9.68 Å². The number of nitriles is 1. The molecule has 1 aromatic heterocycles. The summed E-state index contributed by atoms with van der Waals surface area (Å²) in [5.41, 5.74) is 1.82. The molecule has 0 saturated heterocycles. The fourth-order valence-corrected chi connectivity index (χ4v) is 2.56. The summed E-state index contributed by atoms with van der Waals surface area (Å²) in [5, 5.41) is 19.9. The Hall–Kier alpha value is -3.46. The first-order valence-electron chi connectivity index (χ1n) is 7.81. The van der Waals surface area contributed by atoms with E-state index in [0.29, 0.717) is 23.0 Å². The van der Waals surface area contributed by atoms with Gasteiger partial charge in [0, 0.05) is 13.3 Å². The van der Waals surface area contributed by atoms with E-state index >= 15 is 0 Å². The number of carbonyl (C=O) groups excluding carboxylic acids is 1. The predicted molar refractivity (Wildman–Crippen MR) is 91.7 cm³/mol. The third-order valence-electron chi connectivity index (χ3n) is 3.75. The number of aryl methyl sites for hydroxylation is 1. The minimum atomic E-state index is -0.350. The summed E-state index contributed by atoms with van der Waals surface area (Å²) in [4.78, 5) is 12.5.